The molecule has 0 bridgehead atoms. The molecule has 0 atom stereocenters. The van der Waals surface area contributed by atoms with E-state index in [2.05, 4.69) is 10.4 Å². The number of ether oxygens (including phenoxy) is 1. The molecule has 0 fully saturated rings. The molecular formula is C24H14Cl2F5N3O2. The summed E-state index contributed by atoms with van der Waals surface area (Å²) in [4.78, 5) is 12.6. The van der Waals surface area contributed by atoms with E-state index >= 15 is 0 Å². The number of hydrogen-bond acceptors (Lipinski definition) is 3. The Morgan fingerprint density at radius 1 is 0.917 bits per heavy atom. The lowest BCUT2D eigenvalue weighted by Gasteiger charge is -2.10. The molecule has 3 aromatic carbocycles. The van der Waals surface area contributed by atoms with Crippen LogP contribution in [0.15, 0.2) is 54.7 Å². The third-order valence-electron chi connectivity index (χ3n) is 5.00. The topological polar surface area (TPSA) is 56.2 Å². The van der Waals surface area contributed by atoms with Crippen molar-refractivity contribution in [3.8, 4) is 5.75 Å². The predicted octanol–water partition coefficient (Wildman–Crippen LogP) is 6.77. The average Bonchev–Trinajstić information content (AvgIpc) is 3.19. The molecule has 186 valence electrons. The van der Waals surface area contributed by atoms with Gasteiger partial charge >= 0.3 is 0 Å². The van der Waals surface area contributed by atoms with Crippen LogP contribution < -0.4 is 10.1 Å². The third-order valence-corrected chi connectivity index (χ3v) is 5.63. The van der Waals surface area contributed by atoms with Crippen LogP contribution >= 0.6 is 23.2 Å². The van der Waals surface area contributed by atoms with Crippen molar-refractivity contribution in [2.45, 2.75) is 13.2 Å². The molecule has 1 heterocycles. The quantitative estimate of drug-likeness (QED) is 0.207. The van der Waals surface area contributed by atoms with Crippen molar-refractivity contribution in [1.82, 2.24) is 9.78 Å². The minimum Gasteiger partial charge on any atom is -0.483 e. The van der Waals surface area contributed by atoms with Crippen LogP contribution in [0.1, 0.15) is 21.5 Å². The predicted molar refractivity (Wildman–Crippen MR) is 123 cm³/mol. The highest BCUT2D eigenvalue weighted by Gasteiger charge is 2.21. The number of carbonyl (C=O) groups is 1. The minimum atomic E-state index is -1.65. The molecule has 0 saturated carbocycles. The van der Waals surface area contributed by atoms with Crippen LogP contribution in [0.2, 0.25) is 10.0 Å². The second-order valence-electron chi connectivity index (χ2n) is 7.46. The number of aromatic nitrogens is 2. The van der Waals surface area contributed by atoms with Gasteiger partial charge in [-0.15, -0.1) is 0 Å². The van der Waals surface area contributed by atoms with Crippen molar-refractivity contribution in [3.63, 3.8) is 0 Å². The Morgan fingerprint density at radius 2 is 1.58 bits per heavy atom. The fourth-order valence-corrected chi connectivity index (χ4v) is 3.59. The molecular weight excluding hydrogens is 528 g/mol. The largest absolute Gasteiger partial charge is 0.483 e. The van der Waals surface area contributed by atoms with E-state index in [1.54, 1.807) is 0 Å². The first kappa shape index (κ1) is 25.5. The van der Waals surface area contributed by atoms with Crippen LogP contribution in [0.5, 0.6) is 5.75 Å². The molecule has 0 radical (unpaired) electrons. The van der Waals surface area contributed by atoms with E-state index in [0.29, 0.717) is 5.56 Å². The molecule has 0 aliphatic heterocycles. The van der Waals surface area contributed by atoms with Crippen LogP contribution in [0, 0.1) is 29.1 Å². The van der Waals surface area contributed by atoms with Gasteiger partial charge in [0.05, 0.1) is 6.54 Å². The zero-order chi connectivity index (χ0) is 26.0. The van der Waals surface area contributed by atoms with Gasteiger partial charge in [-0.2, -0.15) is 13.9 Å². The Bertz CT molecular complexity index is 1400. The fourth-order valence-electron chi connectivity index (χ4n) is 3.17. The van der Waals surface area contributed by atoms with Crippen LogP contribution in [-0.4, -0.2) is 15.7 Å². The van der Waals surface area contributed by atoms with E-state index in [9.17, 15) is 26.7 Å². The average molecular weight is 542 g/mol. The van der Waals surface area contributed by atoms with Gasteiger partial charge in [-0.1, -0.05) is 41.4 Å². The highest BCUT2D eigenvalue weighted by atomic mass is 35.5. The maximum absolute atomic E-state index is 14.0. The van der Waals surface area contributed by atoms with Crippen LogP contribution in [0.25, 0.3) is 0 Å². The van der Waals surface area contributed by atoms with Gasteiger partial charge in [0, 0.05) is 28.4 Å². The van der Waals surface area contributed by atoms with E-state index in [4.69, 9.17) is 27.9 Å². The number of hydrogen-bond donors (Lipinski definition) is 1. The lowest BCUT2D eigenvalue weighted by atomic mass is 10.1. The van der Waals surface area contributed by atoms with E-state index < -0.39 is 47.3 Å². The van der Waals surface area contributed by atoms with Crippen molar-refractivity contribution >= 4 is 34.9 Å². The van der Waals surface area contributed by atoms with Crippen molar-refractivity contribution in [2.24, 2.45) is 0 Å². The lowest BCUT2D eigenvalue weighted by Crippen LogP contribution is -2.13. The van der Waals surface area contributed by atoms with Crippen LogP contribution in [-0.2, 0) is 13.2 Å². The van der Waals surface area contributed by atoms with Gasteiger partial charge in [0.15, 0.2) is 23.2 Å². The molecule has 0 aliphatic rings. The number of rotatable bonds is 7. The van der Waals surface area contributed by atoms with Gasteiger partial charge in [0.2, 0.25) is 11.6 Å². The van der Waals surface area contributed by atoms with Crippen LogP contribution in [0.3, 0.4) is 0 Å². The molecule has 0 spiro atoms. The summed E-state index contributed by atoms with van der Waals surface area (Å²) >= 11 is 12.2. The normalized spacial score (nSPS) is 11.0. The summed E-state index contributed by atoms with van der Waals surface area (Å²) in [7, 11) is 0. The number of nitrogens with zero attached hydrogens (tertiary/aromatic N) is 2. The summed E-state index contributed by atoms with van der Waals surface area (Å²) in [5.41, 5.74) is 0.740. The van der Waals surface area contributed by atoms with Gasteiger partial charge in [0.1, 0.15) is 17.4 Å². The number of nitrogens with one attached hydrogen (secondary N) is 1. The van der Waals surface area contributed by atoms with Gasteiger partial charge in [-0.25, -0.2) is 13.2 Å². The Morgan fingerprint density at radius 3 is 2.22 bits per heavy atom. The first-order chi connectivity index (χ1) is 17.1. The molecule has 4 rings (SSSR count). The maximum Gasteiger partial charge on any atom is 0.256 e. The Balaban J connectivity index is 1.41. The number of amides is 1. The molecule has 4 aromatic rings. The summed E-state index contributed by atoms with van der Waals surface area (Å²) < 4.78 is 74.3. The summed E-state index contributed by atoms with van der Waals surface area (Å²) in [5, 5.41) is 6.98. The molecule has 12 heteroatoms. The number of benzene rings is 3. The standard InChI is InChI=1S/C24H14Cl2F5N3O2/c25-15-2-1-3-17(27)14(15)9-34-10-16(26)23(33-34)32-24(35)13-6-4-12(5-7-13)11-36-22-20(30)18(28)8-19(29)21(22)31/h1-8,10H,9,11H2,(H,32,33,35). The van der Waals surface area contributed by atoms with E-state index in [1.807, 2.05) is 0 Å². The second kappa shape index (κ2) is 10.5. The van der Waals surface area contributed by atoms with Gasteiger partial charge in [-0.05, 0) is 29.8 Å². The van der Waals surface area contributed by atoms with E-state index in [1.165, 1.54) is 53.3 Å². The van der Waals surface area contributed by atoms with Crippen molar-refractivity contribution in [3.05, 3.63) is 111 Å². The molecule has 0 unspecified atom stereocenters. The maximum atomic E-state index is 14.0. The van der Waals surface area contributed by atoms with Crippen molar-refractivity contribution in [2.75, 3.05) is 5.32 Å². The Kier molecular flexibility index (Phi) is 7.46. The van der Waals surface area contributed by atoms with Gasteiger partial charge < -0.3 is 10.1 Å². The zero-order valence-corrected chi connectivity index (χ0v) is 19.5. The van der Waals surface area contributed by atoms with Crippen molar-refractivity contribution < 1.29 is 31.5 Å². The number of anilines is 1. The SMILES string of the molecule is O=C(Nc1nn(Cc2c(F)cccc2Cl)cc1Cl)c1ccc(COc2c(F)c(F)cc(F)c2F)cc1. The van der Waals surface area contributed by atoms with Crippen LogP contribution in [0.4, 0.5) is 27.8 Å². The molecule has 1 N–H and O–H groups in total. The number of carbonyl (C=O) groups excluding carboxylic acids is 1. The smallest absolute Gasteiger partial charge is 0.256 e. The highest BCUT2D eigenvalue weighted by Crippen LogP contribution is 2.28. The Labute approximate surface area is 211 Å². The first-order valence-electron chi connectivity index (χ1n) is 10.2. The molecule has 0 saturated heterocycles. The molecule has 5 nitrogen and oxygen atoms in total. The summed E-state index contributed by atoms with van der Waals surface area (Å²) in [6.07, 6.45) is 1.40. The summed E-state index contributed by atoms with van der Waals surface area (Å²) in [5.74, 6) is -8.74. The molecule has 1 amide bonds. The van der Waals surface area contributed by atoms with E-state index in [0.717, 1.165) is 0 Å². The summed E-state index contributed by atoms with van der Waals surface area (Å²) in [6.45, 7) is -0.445. The zero-order valence-electron chi connectivity index (χ0n) is 18.0. The lowest BCUT2D eigenvalue weighted by molar-refractivity contribution is 0.102. The van der Waals surface area contributed by atoms with Gasteiger partial charge in [-0.3, -0.25) is 9.48 Å². The second-order valence-corrected chi connectivity index (χ2v) is 8.27. The molecule has 36 heavy (non-hydrogen) atoms. The monoisotopic (exact) mass is 541 g/mol. The fraction of sp³-hybridized carbons (Fsp3) is 0.0833. The third kappa shape index (κ3) is 5.44. The highest BCUT2D eigenvalue weighted by molar-refractivity contribution is 6.33. The van der Waals surface area contributed by atoms with Crippen molar-refractivity contribution in [1.29, 1.82) is 0 Å². The summed E-state index contributed by atoms with van der Waals surface area (Å²) in [6, 6.07) is 9.95. The van der Waals surface area contributed by atoms with E-state index in [-0.39, 0.29) is 39.6 Å². The molecule has 0 aliphatic carbocycles. The van der Waals surface area contributed by atoms with Gasteiger partial charge in [0.25, 0.3) is 5.91 Å². The minimum absolute atomic E-state index is 0.0216. The first-order valence-corrected chi connectivity index (χ1v) is 10.9. The molecule has 1 aromatic heterocycles. The number of halogens is 7. The Hall–Kier alpha value is -3.63.